The molecule has 0 saturated carbocycles. The molecule has 104 valence electrons. The third-order valence-electron chi connectivity index (χ3n) is 1.20. The summed E-state index contributed by atoms with van der Waals surface area (Å²) in [6.07, 6.45) is -4.32. The van der Waals surface area contributed by atoms with Crippen molar-refractivity contribution in [1.29, 1.82) is 0 Å². The largest absolute Gasteiger partial charge is 0.484 e. The smallest absolute Gasteiger partial charge is 0.422 e. The molecule has 0 atom stereocenters. The molecule has 0 spiro atoms. The van der Waals surface area contributed by atoms with E-state index in [1.165, 1.54) is 18.2 Å². The van der Waals surface area contributed by atoms with Crippen molar-refractivity contribution in [3.8, 4) is 5.75 Å². The van der Waals surface area contributed by atoms with Crippen LogP contribution in [0.15, 0.2) is 24.3 Å². The minimum absolute atomic E-state index is 0.116. The normalized spacial score (nSPS) is 11.4. The highest BCUT2D eigenvalue weighted by molar-refractivity contribution is 8.31. The van der Waals surface area contributed by atoms with Crippen LogP contribution in [0.5, 0.6) is 5.75 Å². The van der Waals surface area contributed by atoms with Gasteiger partial charge < -0.3 is 4.74 Å². The standard InChI is InChI=1S/C8H6ClF3O.Cl2O2S/c9-6-2-1-3-7(4-6)13-5-8(10,11)12;1-5(2,3)4/h1-4H,5H2;. The van der Waals surface area contributed by atoms with E-state index in [4.69, 9.17) is 20.0 Å². The van der Waals surface area contributed by atoms with Crippen LogP contribution in [0.2, 0.25) is 5.02 Å². The number of hydrogen-bond donors (Lipinski definition) is 0. The first kappa shape index (κ1) is 17.6. The summed E-state index contributed by atoms with van der Waals surface area (Å²) in [5.74, 6) is 0.116. The number of alkyl halides is 3. The fourth-order valence-corrected chi connectivity index (χ4v) is 0.902. The fourth-order valence-electron chi connectivity index (χ4n) is 0.722. The van der Waals surface area contributed by atoms with Crippen molar-refractivity contribution in [3.63, 3.8) is 0 Å². The second kappa shape index (κ2) is 7.28. The average Bonchev–Trinajstić information content (AvgIpc) is 2.11. The maximum absolute atomic E-state index is 11.7. The molecule has 1 aromatic carbocycles. The zero-order valence-corrected chi connectivity index (χ0v) is 11.5. The molecule has 18 heavy (non-hydrogen) atoms. The maximum Gasteiger partial charge on any atom is 0.422 e. The molecule has 0 aliphatic carbocycles. The van der Waals surface area contributed by atoms with Gasteiger partial charge in [-0.15, -0.1) is 0 Å². The van der Waals surface area contributed by atoms with E-state index in [-0.39, 0.29) is 5.75 Å². The molecule has 0 aliphatic heterocycles. The van der Waals surface area contributed by atoms with Crippen LogP contribution in [-0.4, -0.2) is 21.2 Å². The molecule has 3 nitrogen and oxygen atoms in total. The highest BCUT2D eigenvalue weighted by atomic mass is 36.0. The Balaban J connectivity index is 0.000000494. The van der Waals surface area contributed by atoms with Gasteiger partial charge in [0.1, 0.15) is 5.75 Å². The summed E-state index contributed by atoms with van der Waals surface area (Å²) in [4.78, 5) is 0. The Morgan fingerprint density at radius 3 is 2.11 bits per heavy atom. The minimum atomic E-state index is -4.32. The van der Waals surface area contributed by atoms with Gasteiger partial charge in [0.15, 0.2) is 6.61 Å². The number of halogens is 6. The van der Waals surface area contributed by atoms with Gasteiger partial charge in [-0.05, 0) is 18.2 Å². The zero-order valence-electron chi connectivity index (χ0n) is 8.42. The number of rotatable bonds is 2. The molecule has 10 heteroatoms. The average molecular weight is 346 g/mol. The quantitative estimate of drug-likeness (QED) is 0.761. The molecule has 0 N–H and O–H groups in total. The number of benzene rings is 1. The molecule has 0 radical (unpaired) electrons. The number of ether oxygens (including phenoxy) is 1. The lowest BCUT2D eigenvalue weighted by atomic mass is 10.3. The Labute approximate surface area is 115 Å². The van der Waals surface area contributed by atoms with Gasteiger partial charge in [-0.25, -0.2) is 0 Å². The summed E-state index contributed by atoms with van der Waals surface area (Å²) in [6.45, 7) is -1.30. The zero-order chi connectivity index (χ0) is 14.4. The van der Waals surface area contributed by atoms with E-state index in [2.05, 4.69) is 26.1 Å². The first-order chi connectivity index (χ1) is 7.97. The highest BCUT2D eigenvalue weighted by Crippen LogP contribution is 2.20. The lowest BCUT2D eigenvalue weighted by Gasteiger charge is -2.08. The summed E-state index contributed by atoms with van der Waals surface area (Å²) in [7, 11) is 4.81. The summed E-state index contributed by atoms with van der Waals surface area (Å²) >= 11 is 5.53. The second-order valence-corrected chi connectivity index (χ2v) is 6.84. The molecule has 0 amide bonds. The van der Waals surface area contributed by atoms with E-state index in [1.54, 1.807) is 6.07 Å². The molecule has 0 aliphatic rings. The van der Waals surface area contributed by atoms with Crippen molar-refractivity contribution in [2.24, 2.45) is 0 Å². The van der Waals surface area contributed by atoms with E-state index in [9.17, 15) is 13.2 Å². The van der Waals surface area contributed by atoms with Crippen LogP contribution in [-0.2, 0) is 8.26 Å². The molecule has 1 rings (SSSR count). The Bertz CT molecular complexity index is 468. The molecule has 1 aromatic rings. The van der Waals surface area contributed by atoms with Gasteiger partial charge in [-0.1, -0.05) is 17.7 Å². The summed E-state index contributed by atoms with van der Waals surface area (Å²) in [5.41, 5.74) is 0. The van der Waals surface area contributed by atoms with Crippen molar-refractivity contribution in [2.45, 2.75) is 6.18 Å². The van der Waals surface area contributed by atoms with E-state index in [1.807, 2.05) is 0 Å². The monoisotopic (exact) mass is 344 g/mol. The SMILES string of the molecule is FC(F)(F)COc1cccc(Cl)c1.O=S(=O)(Cl)Cl. The van der Waals surface area contributed by atoms with E-state index >= 15 is 0 Å². The third kappa shape index (κ3) is 13.7. The Morgan fingerprint density at radius 2 is 1.72 bits per heavy atom. The summed E-state index contributed by atoms with van der Waals surface area (Å²) < 4.78 is 57.8. The molecule has 0 heterocycles. The lowest BCUT2D eigenvalue weighted by Crippen LogP contribution is -2.19. The molecule has 0 fully saturated rings. The van der Waals surface area contributed by atoms with Crippen molar-refractivity contribution in [1.82, 2.24) is 0 Å². The van der Waals surface area contributed by atoms with E-state index in [0.29, 0.717) is 5.02 Å². The minimum Gasteiger partial charge on any atom is -0.484 e. The van der Waals surface area contributed by atoms with Crippen molar-refractivity contribution >= 4 is 41.2 Å². The summed E-state index contributed by atoms with van der Waals surface area (Å²) in [5, 5.41) is 0.347. The van der Waals surface area contributed by atoms with Gasteiger partial charge in [0.25, 0.3) is 0 Å². The van der Waals surface area contributed by atoms with Gasteiger partial charge in [0, 0.05) is 26.4 Å². The number of hydrogen-bond acceptors (Lipinski definition) is 3. The molecule has 0 aromatic heterocycles. The Kier molecular flexibility index (Phi) is 7.13. The molecule has 0 unspecified atom stereocenters. The first-order valence-electron chi connectivity index (χ1n) is 4.07. The second-order valence-electron chi connectivity index (χ2n) is 2.74. The third-order valence-corrected chi connectivity index (χ3v) is 1.43. The highest BCUT2D eigenvalue weighted by Gasteiger charge is 2.28. The van der Waals surface area contributed by atoms with Gasteiger partial charge in [-0.2, -0.15) is 21.6 Å². The molecule has 0 saturated heterocycles. The topological polar surface area (TPSA) is 43.4 Å². The fraction of sp³-hybridized carbons (Fsp3) is 0.250. The molecular formula is C8H6Cl3F3O3S. The first-order valence-corrected chi connectivity index (χ1v) is 7.58. The van der Waals surface area contributed by atoms with Crippen LogP contribution in [0, 0.1) is 0 Å². The molecular weight excluding hydrogens is 340 g/mol. The van der Waals surface area contributed by atoms with Crippen LogP contribution in [0.1, 0.15) is 0 Å². The maximum atomic E-state index is 11.7. The predicted molar refractivity (Wildman–Crippen MR) is 63.6 cm³/mol. The van der Waals surface area contributed by atoms with Gasteiger partial charge in [0.05, 0.1) is 0 Å². The van der Waals surface area contributed by atoms with Crippen molar-refractivity contribution in [2.75, 3.05) is 6.61 Å². The van der Waals surface area contributed by atoms with E-state index in [0.717, 1.165) is 0 Å². The lowest BCUT2D eigenvalue weighted by molar-refractivity contribution is -0.153. The Hall–Kier alpha value is -0.370. The predicted octanol–water partition coefficient (Wildman–Crippen LogP) is 3.99. The van der Waals surface area contributed by atoms with Gasteiger partial charge in [0.2, 0.25) is 0 Å². The van der Waals surface area contributed by atoms with E-state index < -0.39 is 21.0 Å². The van der Waals surface area contributed by atoms with Gasteiger partial charge in [-0.3, -0.25) is 0 Å². The van der Waals surface area contributed by atoms with Crippen LogP contribution in [0.4, 0.5) is 13.2 Å². The van der Waals surface area contributed by atoms with Crippen LogP contribution >= 0.6 is 33.0 Å². The Morgan fingerprint density at radius 1 is 1.22 bits per heavy atom. The molecule has 0 bridgehead atoms. The van der Waals surface area contributed by atoms with Crippen molar-refractivity contribution in [3.05, 3.63) is 29.3 Å². The van der Waals surface area contributed by atoms with Crippen LogP contribution < -0.4 is 4.74 Å². The van der Waals surface area contributed by atoms with Crippen LogP contribution in [0.25, 0.3) is 0 Å². The van der Waals surface area contributed by atoms with Gasteiger partial charge >= 0.3 is 14.4 Å². The van der Waals surface area contributed by atoms with Crippen LogP contribution in [0.3, 0.4) is 0 Å². The summed E-state index contributed by atoms with van der Waals surface area (Å²) in [6, 6.07) is 5.82. The van der Waals surface area contributed by atoms with Crippen molar-refractivity contribution < 1.29 is 26.3 Å².